The lowest BCUT2D eigenvalue weighted by atomic mass is 10.1. The highest BCUT2D eigenvalue weighted by molar-refractivity contribution is 5.66. The van der Waals surface area contributed by atoms with Gasteiger partial charge in [-0.15, -0.1) is 0 Å². The second-order valence-corrected chi connectivity index (χ2v) is 8.42. The van der Waals surface area contributed by atoms with Gasteiger partial charge in [-0.05, 0) is 48.4 Å². The van der Waals surface area contributed by atoms with E-state index in [-0.39, 0.29) is 6.79 Å². The third kappa shape index (κ3) is 5.49. The summed E-state index contributed by atoms with van der Waals surface area (Å²) < 4.78 is 27.7. The topological polar surface area (TPSA) is 69.4 Å². The zero-order valence-electron chi connectivity index (χ0n) is 20.4. The second-order valence-electron chi connectivity index (χ2n) is 8.42. The molecule has 5 rings (SSSR count). The van der Waals surface area contributed by atoms with Gasteiger partial charge in [-0.3, -0.25) is 0 Å². The molecule has 0 bridgehead atoms. The van der Waals surface area contributed by atoms with Crippen LogP contribution in [0.15, 0.2) is 83.7 Å². The Bertz CT molecular complexity index is 1240. The molecule has 2 aliphatic rings. The van der Waals surface area contributed by atoms with Gasteiger partial charge in [0.2, 0.25) is 12.7 Å². The lowest BCUT2D eigenvalue weighted by molar-refractivity contribution is 0.174. The van der Waals surface area contributed by atoms with Gasteiger partial charge in [0.15, 0.2) is 11.5 Å². The van der Waals surface area contributed by atoms with Crippen molar-refractivity contribution in [1.82, 2.24) is 10.1 Å². The number of rotatable bonds is 10. The Kier molecular flexibility index (Phi) is 7.12. The molecule has 8 heteroatoms. The van der Waals surface area contributed by atoms with E-state index in [1.54, 1.807) is 14.2 Å². The fourth-order valence-electron chi connectivity index (χ4n) is 4.12. The van der Waals surface area contributed by atoms with Crippen LogP contribution in [0.4, 0.5) is 5.88 Å². The van der Waals surface area contributed by atoms with Crippen molar-refractivity contribution in [2.45, 2.75) is 13.0 Å². The van der Waals surface area contributed by atoms with E-state index in [9.17, 15) is 0 Å². The SMILES string of the molecule is COc1cc(OC)cc(-c2cc(N(CCCN3C=CC=CC=C3)Cc3ccc4c(c3)OCO4)on2)c1. The third-order valence-corrected chi connectivity index (χ3v) is 6.00. The fraction of sp³-hybridized carbons (Fsp3) is 0.250. The molecule has 0 atom stereocenters. The minimum absolute atomic E-state index is 0.254. The molecule has 0 radical (unpaired) electrons. The average Bonchev–Trinajstić information content (AvgIpc) is 3.52. The van der Waals surface area contributed by atoms with E-state index in [4.69, 9.17) is 23.5 Å². The predicted octanol–water partition coefficient (Wildman–Crippen LogP) is 5.38. The summed E-state index contributed by atoms with van der Waals surface area (Å²) in [5, 5.41) is 4.35. The first-order valence-electron chi connectivity index (χ1n) is 11.8. The largest absolute Gasteiger partial charge is 0.497 e. The van der Waals surface area contributed by atoms with Gasteiger partial charge in [0, 0.05) is 49.7 Å². The van der Waals surface area contributed by atoms with Gasteiger partial charge in [-0.2, -0.15) is 0 Å². The molecule has 8 nitrogen and oxygen atoms in total. The summed E-state index contributed by atoms with van der Waals surface area (Å²) in [7, 11) is 3.26. The zero-order valence-corrected chi connectivity index (χ0v) is 20.4. The van der Waals surface area contributed by atoms with Gasteiger partial charge in [0.25, 0.3) is 0 Å². The minimum atomic E-state index is 0.254. The normalized spacial score (nSPS) is 13.7. The van der Waals surface area contributed by atoms with Crippen molar-refractivity contribution < 1.29 is 23.5 Å². The predicted molar refractivity (Wildman–Crippen MR) is 137 cm³/mol. The van der Waals surface area contributed by atoms with Crippen LogP contribution in [0.25, 0.3) is 11.3 Å². The molecular weight excluding hydrogens is 458 g/mol. The molecule has 0 unspecified atom stereocenters. The van der Waals surface area contributed by atoms with Crippen LogP contribution >= 0.6 is 0 Å². The summed E-state index contributed by atoms with van der Waals surface area (Å²) in [5.74, 6) is 3.61. The molecule has 0 aliphatic carbocycles. The first kappa shape index (κ1) is 23.4. The van der Waals surface area contributed by atoms with Crippen LogP contribution in [0.1, 0.15) is 12.0 Å². The fourth-order valence-corrected chi connectivity index (χ4v) is 4.12. The summed E-state index contributed by atoms with van der Waals surface area (Å²) in [6, 6.07) is 13.6. The zero-order chi connectivity index (χ0) is 24.7. The molecule has 0 fully saturated rings. The Morgan fingerprint density at radius 2 is 1.64 bits per heavy atom. The van der Waals surface area contributed by atoms with Gasteiger partial charge in [0.1, 0.15) is 17.2 Å². The molecule has 0 N–H and O–H groups in total. The van der Waals surface area contributed by atoms with E-state index in [1.807, 2.05) is 60.7 Å². The Balaban J connectivity index is 1.36. The first-order chi connectivity index (χ1) is 17.7. The minimum Gasteiger partial charge on any atom is -0.497 e. The van der Waals surface area contributed by atoms with Crippen molar-refractivity contribution in [2.75, 3.05) is 39.0 Å². The van der Waals surface area contributed by atoms with Crippen molar-refractivity contribution in [1.29, 1.82) is 0 Å². The van der Waals surface area contributed by atoms with Crippen molar-refractivity contribution in [3.05, 3.63) is 84.7 Å². The lowest BCUT2D eigenvalue weighted by Crippen LogP contribution is -2.26. The highest BCUT2D eigenvalue weighted by Gasteiger charge is 2.18. The standard InChI is InChI=1S/C28H29N3O5/c1-32-23-15-22(16-24(17-23)33-2)25-18-28(36-29-25)31(13-7-12-30-10-5-3-4-6-11-30)19-21-8-9-26-27(14-21)35-20-34-26/h3-6,8-11,14-18H,7,12-13,19-20H2,1-2H3. The number of aromatic nitrogens is 1. The van der Waals surface area contributed by atoms with Gasteiger partial charge in [-0.25, -0.2) is 0 Å². The molecule has 3 heterocycles. The number of fused-ring (bicyclic) bond motifs is 1. The highest BCUT2D eigenvalue weighted by Crippen LogP contribution is 2.34. The number of ether oxygens (including phenoxy) is 4. The Morgan fingerprint density at radius 1 is 0.889 bits per heavy atom. The number of nitrogens with zero attached hydrogens (tertiary/aromatic N) is 3. The summed E-state index contributed by atoms with van der Waals surface area (Å²) in [5.41, 5.74) is 2.66. The van der Waals surface area contributed by atoms with Crippen molar-refractivity contribution in [3.63, 3.8) is 0 Å². The maximum absolute atomic E-state index is 5.84. The second kappa shape index (κ2) is 10.9. The molecular formula is C28H29N3O5. The lowest BCUT2D eigenvalue weighted by Gasteiger charge is -2.23. The summed E-state index contributed by atoms with van der Waals surface area (Å²) >= 11 is 0. The van der Waals surface area contributed by atoms with Crippen LogP contribution in [0, 0.1) is 0 Å². The van der Waals surface area contributed by atoms with E-state index in [2.05, 4.69) is 33.4 Å². The van der Waals surface area contributed by atoms with Gasteiger partial charge in [0.05, 0.1) is 14.2 Å². The molecule has 36 heavy (non-hydrogen) atoms. The van der Waals surface area contributed by atoms with Crippen molar-refractivity contribution in [3.8, 4) is 34.3 Å². The number of hydrogen-bond acceptors (Lipinski definition) is 8. The van der Waals surface area contributed by atoms with E-state index < -0.39 is 0 Å². The monoisotopic (exact) mass is 487 g/mol. The van der Waals surface area contributed by atoms with Crippen LogP contribution in [0.2, 0.25) is 0 Å². The summed E-state index contributed by atoms with van der Waals surface area (Å²) in [4.78, 5) is 4.36. The van der Waals surface area contributed by atoms with Gasteiger partial charge in [-0.1, -0.05) is 23.4 Å². The Hall–Kier alpha value is -4.33. The number of hydrogen-bond donors (Lipinski definition) is 0. The Morgan fingerprint density at radius 3 is 2.39 bits per heavy atom. The van der Waals surface area contributed by atoms with Crippen LogP contribution in [0.3, 0.4) is 0 Å². The van der Waals surface area contributed by atoms with Crippen LogP contribution in [-0.2, 0) is 6.54 Å². The van der Waals surface area contributed by atoms with Gasteiger partial charge < -0.3 is 33.3 Å². The number of benzene rings is 2. The van der Waals surface area contributed by atoms with Crippen LogP contribution in [-0.4, -0.2) is 44.2 Å². The van der Waals surface area contributed by atoms with Crippen LogP contribution in [0.5, 0.6) is 23.0 Å². The van der Waals surface area contributed by atoms with Crippen molar-refractivity contribution in [2.24, 2.45) is 0 Å². The average molecular weight is 488 g/mol. The molecule has 3 aromatic rings. The molecule has 0 saturated carbocycles. The summed E-state index contributed by atoms with van der Waals surface area (Å²) in [6.07, 6.45) is 13.2. The first-order valence-corrected chi connectivity index (χ1v) is 11.8. The number of anilines is 1. The number of allylic oxidation sites excluding steroid dienone is 4. The van der Waals surface area contributed by atoms with E-state index in [0.29, 0.717) is 29.6 Å². The van der Waals surface area contributed by atoms with E-state index in [0.717, 1.165) is 42.1 Å². The van der Waals surface area contributed by atoms with Gasteiger partial charge >= 0.3 is 0 Å². The Labute approximate surface area is 210 Å². The van der Waals surface area contributed by atoms with Crippen molar-refractivity contribution >= 4 is 5.88 Å². The smallest absolute Gasteiger partial charge is 0.231 e. The quantitative estimate of drug-likeness (QED) is 0.377. The maximum atomic E-state index is 5.84. The molecule has 2 aromatic carbocycles. The maximum Gasteiger partial charge on any atom is 0.231 e. The molecule has 0 saturated heterocycles. The van der Waals surface area contributed by atoms with Crippen LogP contribution < -0.4 is 23.8 Å². The molecule has 0 amide bonds. The van der Waals surface area contributed by atoms with E-state index >= 15 is 0 Å². The molecule has 2 aliphatic heterocycles. The van der Waals surface area contributed by atoms with E-state index in [1.165, 1.54) is 0 Å². The molecule has 0 spiro atoms. The number of methoxy groups -OCH3 is 2. The molecule has 186 valence electrons. The summed E-state index contributed by atoms with van der Waals surface area (Å²) in [6.45, 7) is 2.54. The molecule has 1 aromatic heterocycles. The highest BCUT2D eigenvalue weighted by atomic mass is 16.7. The third-order valence-electron chi connectivity index (χ3n) is 6.00.